The number of nitrogens with one attached hydrogen (secondary N) is 1. The number of nitrogens with zero attached hydrogens (tertiary/aromatic N) is 3. The molecule has 1 aromatic carbocycles. The largest absolute Gasteiger partial charge is 0.370 e. The Hall–Kier alpha value is -1.46. The summed E-state index contributed by atoms with van der Waals surface area (Å²) >= 11 is 6.42. The zero-order chi connectivity index (χ0) is 17.7. The van der Waals surface area contributed by atoms with Crippen LogP contribution in [0.25, 0.3) is 0 Å². The van der Waals surface area contributed by atoms with Crippen molar-refractivity contribution < 1.29 is 4.79 Å². The summed E-state index contributed by atoms with van der Waals surface area (Å²) in [6, 6.07) is 5.84. The summed E-state index contributed by atoms with van der Waals surface area (Å²) in [7, 11) is 4.01. The molecule has 24 heavy (non-hydrogen) atoms. The summed E-state index contributed by atoms with van der Waals surface area (Å²) in [4.78, 5) is 18.8. The molecule has 134 valence electrons. The van der Waals surface area contributed by atoms with Crippen LogP contribution in [0.1, 0.15) is 26.7 Å². The average molecular weight is 353 g/mol. The molecule has 1 N–H and O–H groups in total. The Morgan fingerprint density at radius 1 is 1.25 bits per heavy atom. The van der Waals surface area contributed by atoms with Crippen molar-refractivity contribution in [2.45, 2.75) is 32.7 Å². The number of rotatable bonds is 6. The SMILES string of the molecule is CC(C)N(CCN(C)C)C(=O)Nc1ccc(N2CCCC2)c(Cl)c1. The van der Waals surface area contributed by atoms with E-state index in [1.165, 1.54) is 12.8 Å². The lowest BCUT2D eigenvalue weighted by atomic mass is 10.2. The molecule has 1 aliphatic heterocycles. The summed E-state index contributed by atoms with van der Waals surface area (Å²) < 4.78 is 0. The number of halogens is 1. The van der Waals surface area contributed by atoms with Gasteiger partial charge in [-0.15, -0.1) is 0 Å². The first-order valence-electron chi connectivity index (χ1n) is 8.65. The summed E-state index contributed by atoms with van der Waals surface area (Å²) in [5.41, 5.74) is 1.80. The molecule has 0 spiro atoms. The molecule has 2 rings (SSSR count). The second-order valence-corrected chi connectivity index (χ2v) is 7.29. The van der Waals surface area contributed by atoms with Gasteiger partial charge in [-0.3, -0.25) is 0 Å². The molecule has 1 aliphatic rings. The Morgan fingerprint density at radius 2 is 1.92 bits per heavy atom. The maximum absolute atomic E-state index is 12.6. The van der Waals surface area contributed by atoms with Crippen molar-refractivity contribution in [3.8, 4) is 0 Å². The van der Waals surface area contributed by atoms with Crippen LogP contribution in [0, 0.1) is 0 Å². The number of urea groups is 1. The quantitative estimate of drug-likeness (QED) is 0.847. The Bertz CT molecular complexity index is 556. The highest BCUT2D eigenvalue weighted by molar-refractivity contribution is 6.33. The first kappa shape index (κ1) is 18.9. The van der Waals surface area contributed by atoms with Gasteiger partial charge >= 0.3 is 6.03 Å². The van der Waals surface area contributed by atoms with E-state index in [-0.39, 0.29) is 12.1 Å². The predicted molar refractivity (Wildman–Crippen MR) is 102 cm³/mol. The van der Waals surface area contributed by atoms with E-state index in [4.69, 9.17) is 11.6 Å². The number of amides is 2. The van der Waals surface area contributed by atoms with E-state index < -0.39 is 0 Å². The first-order valence-corrected chi connectivity index (χ1v) is 9.03. The second-order valence-electron chi connectivity index (χ2n) is 6.88. The minimum absolute atomic E-state index is 0.0863. The molecule has 2 amide bonds. The predicted octanol–water partition coefficient (Wildman–Crippen LogP) is 3.74. The lowest BCUT2D eigenvalue weighted by molar-refractivity contribution is 0.189. The third-order valence-electron chi connectivity index (χ3n) is 4.32. The zero-order valence-electron chi connectivity index (χ0n) is 15.2. The van der Waals surface area contributed by atoms with Crippen LogP contribution in [-0.2, 0) is 0 Å². The summed E-state index contributed by atoms with van der Waals surface area (Å²) in [5.74, 6) is 0. The van der Waals surface area contributed by atoms with Crippen molar-refractivity contribution >= 4 is 29.0 Å². The third kappa shape index (κ3) is 5.02. The van der Waals surface area contributed by atoms with Crippen molar-refractivity contribution in [1.82, 2.24) is 9.80 Å². The van der Waals surface area contributed by atoms with Gasteiger partial charge < -0.3 is 20.0 Å². The van der Waals surface area contributed by atoms with E-state index >= 15 is 0 Å². The molecular formula is C18H29ClN4O. The topological polar surface area (TPSA) is 38.8 Å². The summed E-state index contributed by atoms with van der Waals surface area (Å²) in [6.07, 6.45) is 2.42. The number of carbonyl (C=O) groups is 1. The maximum Gasteiger partial charge on any atom is 0.322 e. The van der Waals surface area contributed by atoms with Crippen LogP contribution < -0.4 is 10.2 Å². The fraction of sp³-hybridized carbons (Fsp3) is 0.611. The van der Waals surface area contributed by atoms with Crippen molar-refractivity contribution in [2.75, 3.05) is 50.5 Å². The van der Waals surface area contributed by atoms with Gasteiger partial charge in [0.05, 0.1) is 10.7 Å². The Kier molecular flexibility index (Phi) is 6.75. The van der Waals surface area contributed by atoms with E-state index in [1.807, 2.05) is 51.0 Å². The first-order chi connectivity index (χ1) is 11.4. The highest BCUT2D eigenvalue weighted by Crippen LogP contribution is 2.31. The number of likely N-dealkylation sites (N-methyl/N-ethyl adjacent to an activating group) is 1. The van der Waals surface area contributed by atoms with Crippen molar-refractivity contribution in [2.24, 2.45) is 0 Å². The molecule has 1 fully saturated rings. The van der Waals surface area contributed by atoms with Crippen LogP contribution in [-0.4, -0.2) is 62.1 Å². The van der Waals surface area contributed by atoms with E-state index in [9.17, 15) is 4.79 Å². The van der Waals surface area contributed by atoms with Crippen LogP contribution in [0.5, 0.6) is 0 Å². The van der Waals surface area contributed by atoms with Gasteiger partial charge in [-0.1, -0.05) is 11.6 Å². The third-order valence-corrected chi connectivity index (χ3v) is 4.62. The average Bonchev–Trinajstić information content (AvgIpc) is 3.00. The smallest absolute Gasteiger partial charge is 0.322 e. The molecule has 6 heteroatoms. The number of hydrogen-bond donors (Lipinski definition) is 1. The Morgan fingerprint density at radius 3 is 2.46 bits per heavy atom. The van der Waals surface area contributed by atoms with Gasteiger partial charge in [-0.2, -0.15) is 0 Å². The Labute approximate surface area is 150 Å². The second kappa shape index (κ2) is 8.58. The van der Waals surface area contributed by atoms with Gasteiger partial charge in [-0.05, 0) is 59.0 Å². The maximum atomic E-state index is 12.6. The molecule has 0 atom stereocenters. The fourth-order valence-electron chi connectivity index (χ4n) is 2.90. The summed E-state index contributed by atoms with van der Waals surface area (Å²) in [6.45, 7) is 7.68. The molecule has 0 aromatic heterocycles. The molecule has 1 saturated heterocycles. The van der Waals surface area contributed by atoms with E-state index in [1.54, 1.807) is 0 Å². The van der Waals surface area contributed by atoms with Gasteiger partial charge in [0.1, 0.15) is 0 Å². The minimum atomic E-state index is -0.0863. The molecule has 1 heterocycles. The normalized spacial score (nSPS) is 14.5. The molecule has 0 saturated carbocycles. The van der Waals surface area contributed by atoms with Gasteiger partial charge in [-0.25, -0.2) is 4.79 Å². The van der Waals surface area contributed by atoms with Crippen molar-refractivity contribution in [1.29, 1.82) is 0 Å². The monoisotopic (exact) mass is 352 g/mol. The van der Waals surface area contributed by atoms with Crippen LogP contribution in [0.3, 0.4) is 0 Å². The molecule has 0 bridgehead atoms. The molecule has 1 aromatic rings. The molecule has 0 radical (unpaired) electrons. The van der Waals surface area contributed by atoms with E-state index in [0.29, 0.717) is 11.6 Å². The zero-order valence-corrected chi connectivity index (χ0v) is 15.9. The van der Waals surface area contributed by atoms with Gasteiger partial charge in [0.15, 0.2) is 0 Å². The Balaban J connectivity index is 2.03. The molecule has 0 aliphatic carbocycles. The van der Waals surface area contributed by atoms with Gasteiger partial charge in [0.2, 0.25) is 0 Å². The molecule has 0 unspecified atom stereocenters. The fourth-order valence-corrected chi connectivity index (χ4v) is 3.20. The van der Waals surface area contributed by atoms with Crippen LogP contribution in [0.4, 0.5) is 16.2 Å². The van der Waals surface area contributed by atoms with Crippen molar-refractivity contribution in [3.63, 3.8) is 0 Å². The number of benzene rings is 1. The van der Waals surface area contributed by atoms with Crippen LogP contribution >= 0.6 is 11.6 Å². The van der Waals surface area contributed by atoms with E-state index in [0.717, 1.165) is 31.0 Å². The number of carbonyl (C=O) groups excluding carboxylic acids is 1. The van der Waals surface area contributed by atoms with Crippen molar-refractivity contribution in [3.05, 3.63) is 23.2 Å². The minimum Gasteiger partial charge on any atom is -0.370 e. The lowest BCUT2D eigenvalue weighted by Crippen LogP contribution is -2.43. The van der Waals surface area contributed by atoms with Crippen LogP contribution in [0.2, 0.25) is 5.02 Å². The standard InChI is InChI=1S/C18H29ClN4O/c1-14(2)23(12-11-21(3)4)18(24)20-15-7-8-17(16(19)13-15)22-9-5-6-10-22/h7-8,13-14H,5-6,9-12H2,1-4H3,(H,20,24). The van der Waals surface area contributed by atoms with E-state index in [2.05, 4.69) is 15.1 Å². The van der Waals surface area contributed by atoms with Crippen LogP contribution in [0.15, 0.2) is 18.2 Å². The molecule has 5 nitrogen and oxygen atoms in total. The highest BCUT2D eigenvalue weighted by Gasteiger charge is 2.19. The summed E-state index contributed by atoms with van der Waals surface area (Å²) in [5, 5.41) is 3.66. The number of anilines is 2. The molecular weight excluding hydrogens is 324 g/mol. The van der Waals surface area contributed by atoms with Gasteiger partial charge in [0, 0.05) is 37.9 Å². The lowest BCUT2D eigenvalue weighted by Gasteiger charge is -2.28. The highest BCUT2D eigenvalue weighted by atomic mass is 35.5. The number of hydrogen-bond acceptors (Lipinski definition) is 3. The van der Waals surface area contributed by atoms with Gasteiger partial charge in [0.25, 0.3) is 0 Å².